The molecule has 0 aliphatic rings. The summed E-state index contributed by atoms with van der Waals surface area (Å²) in [5.74, 6) is -5.54. The maximum absolute atomic E-state index is 13.3. The average Bonchev–Trinajstić information content (AvgIpc) is 2.75. The van der Waals surface area contributed by atoms with Gasteiger partial charge in [0.2, 0.25) is 0 Å². The molecule has 0 amide bonds. The van der Waals surface area contributed by atoms with E-state index in [1.54, 1.807) is 0 Å². The number of benzene rings is 2. The average molecular weight is 530 g/mol. The lowest BCUT2D eigenvalue weighted by Crippen LogP contribution is -2.31. The van der Waals surface area contributed by atoms with Gasteiger partial charge < -0.3 is 19.7 Å². The van der Waals surface area contributed by atoms with Crippen molar-refractivity contribution < 1.29 is 42.5 Å². The van der Waals surface area contributed by atoms with Crippen molar-refractivity contribution >= 4 is 49.5 Å². The molecule has 0 heterocycles. The zero-order valence-corrected chi connectivity index (χ0v) is 19.6. The number of hydrogen-bond donors (Lipinski definition) is 2. The van der Waals surface area contributed by atoms with Gasteiger partial charge in [-0.15, -0.1) is 0 Å². The molecule has 10 nitrogen and oxygen atoms in total. The van der Waals surface area contributed by atoms with E-state index >= 15 is 0 Å². The van der Waals surface area contributed by atoms with Crippen molar-refractivity contribution in [1.29, 1.82) is 0 Å². The van der Waals surface area contributed by atoms with E-state index in [-0.39, 0.29) is 21.7 Å². The third-order valence-corrected chi connectivity index (χ3v) is 6.84. The third-order valence-electron chi connectivity index (χ3n) is 4.61. The van der Waals surface area contributed by atoms with Crippen molar-refractivity contribution in [3.63, 3.8) is 0 Å². The fraction of sp³-hybridized carbons (Fsp3) is 0.250. The first-order valence-corrected chi connectivity index (χ1v) is 11.2. The Morgan fingerprint density at radius 1 is 1.06 bits per heavy atom. The maximum Gasteiger partial charge on any atom is 0.340 e. The van der Waals surface area contributed by atoms with Crippen LogP contribution in [0.2, 0.25) is 0 Å². The summed E-state index contributed by atoms with van der Waals surface area (Å²) in [6, 6.07) is 8.16. The van der Waals surface area contributed by atoms with Gasteiger partial charge in [-0.05, 0) is 48.4 Å². The predicted molar refractivity (Wildman–Crippen MR) is 117 cm³/mol. The van der Waals surface area contributed by atoms with E-state index in [1.165, 1.54) is 50.6 Å². The summed E-state index contributed by atoms with van der Waals surface area (Å²) in [4.78, 5) is 35.2. The Bertz CT molecular complexity index is 1130. The van der Waals surface area contributed by atoms with Gasteiger partial charge in [0.1, 0.15) is 5.75 Å². The fourth-order valence-electron chi connectivity index (χ4n) is 2.97. The van der Waals surface area contributed by atoms with Crippen LogP contribution >= 0.6 is 15.9 Å². The number of anilines is 1. The molecule has 0 aromatic heterocycles. The van der Waals surface area contributed by atoms with Crippen LogP contribution in [-0.4, -0.2) is 57.8 Å². The zero-order valence-electron chi connectivity index (χ0n) is 17.2. The van der Waals surface area contributed by atoms with Gasteiger partial charge in [0.15, 0.2) is 5.92 Å². The number of ether oxygens (including phenoxy) is 2. The number of carboxylic acid groups (broad SMARTS) is 2. The molecular formula is C20H20BrNO9S. The number of sulfonamides is 1. The molecule has 32 heavy (non-hydrogen) atoms. The lowest BCUT2D eigenvalue weighted by Gasteiger charge is -2.25. The Kier molecular flexibility index (Phi) is 7.86. The molecule has 172 valence electrons. The van der Waals surface area contributed by atoms with Gasteiger partial charge in [0.25, 0.3) is 10.0 Å². The smallest absolute Gasteiger partial charge is 0.340 e. The van der Waals surface area contributed by atoms with E-state index in [0.29, 0.717) is 10.2 Å². The number of halogens is 1. The number of esters is 1. The zero-order chi connectivity index (χ0) is 24.2. The van der Waals surface area contributed by atoms with Crippen LogP contribution in [0, 0.1) is 5.92 Å². The number of carbonyl (C=O) groups is 3. The first kappa shape index (κ1) is 25.1. The Labute approximate surface area is 192 Å². The molecule has 0 radical (unpaired) electrons. The highest BCUT2D eigenvalue weighted by molar-refractivity contribution is 9.10. The highest BCUT2D eigenvalue weighted by Crippen LogP contribution is 2.35. The molecule has 0 aliphatic carbocycles. The summed E-state index contributed by atoms with van der Waals surface area (Å²) in [7, 11) is -0.534. The summed E-state index contributed by atoms with van der Waals surface area (Å²) >= 11 is 3.18. The topological polar surface area (TPSA) is 148 Å². The number of hydrogen-bond acceptors (Lipinski definition) is 7. The van der Waals surface area contributed by atoms with Crippen molar-refractivity contribution in [2.45, 2.75) is 11.3 Å². The number of methoxy groups -OCH3 is 2. The minimum Gasteiger partial charge on any atom is -0.497 e. The Morgan fingerprint density at radius 3 is 2.09 bits per heavy atom. The molecule has 0 spiro atoms. The minimum atomic E-state index is -4.23. The molecular weight excluding hydrogens is 510 g/mol. The van der Waals surface area contributed by atoms with Gasteiger partial charge in [-0.25, -0.2) is 13.2 Å². The minimum absolute atomic E-state index is 0.00848. The van der Waals surface area contributed by atoms with Crippen molar-refractivity contribution in [2.24, 2.45) is 5.92 Å². The van der Waals surface area contributed by atoms with Crippen LogP contribution in [0.4, 0.5) is 5.69 Å². The summed E-state index contributed by atoms with van der Waals surface area (Å²) in [5, 5.41) is 18.6. The van der Waals surface area contributed by atoms with Crippen LogP contribution in [0.5, 0.6) is 5.75 Å². The Balaban J connectivity index is 2.73. The largest absolute Gasteiger partial charge is 0.497 e. The SMILES string of the molecule is COC(=O)c1cc(Br)cc(CC(C(=O)O)C(=O)O)c1N(C)S(=O)(=O)c1ccc(OC)cc1. The lowest BCUT2D eigenvalue weighted by molar-refractivity contribution is -0.154. The number of aliphatic carboxylic acids is 2. The van der Waals surface area contributed by atoms with Crippen LogP contribution in [0.15, 0.2) is 45.8 Å². The predicted octanol–water partition coefficient (Wildman–Crippen LogP) is 2.40. The molecule has 2 rings (SSSR count). The Hall–Kier alpha value is -3.12. The monoisotopic (exact) mass is 529 g/mol. The van der Waals surface area contributed by atoms with Crippen molar-refractivity contribution in [1.82, 2.24) is 0 Å². The molecule has 2 aromatic carbocycles. The van der Waals surface area contributed by atoms with Crippen molar-refractivity contribution in [2.75, 3.05) is 25.6 Å². The second-order valence-corrected chi connectivity index (χ2v) is 9.42. The molecule has 0 saturated carbocycles. The Morgan fingerprint density at radius 2 is 1.62 bits per heavy atom. The van der Waals surface area contributed by atoms with Gasteiger partial charge in [-0.1, -0.05) is 15.9 Å². The van der Waals surface area contributed by atoms with Gasteiger partial charge in [0, 0.05) is 11.5 Å². The standard InChI is InChI=1S/C20H20BrNO9S/c1-22(32(28,29)14-6-4-13(30-2)5-7-14)17-11(9-16(18(23)24)19(25)26)8-12(21)10-15(17)20(27)31-3/h4-8,10,16H,9H2,1-3H3,(H,23,24)(H,25,26). The molecule has 0 aliphatic heterocycles. The normalized spacial score (nSPS) is 11.2. The van der Waals surface area contributed by atoms with Crippen LogP contribution in [-0.2, 0) is 30.8 Å². The second kappa shape index (κ2) is 10.0. The summed E-state index contributed by atoms with van der Waals surface area (Å²) < 4.78 is 37.4. The molecule has 0 unspecified atom stereocenters. The number of carboxylic acids is 2. The van der Waals surface area contributed by atoms with Gasteiger partial charge in [-0.2, -0.15) is 0 Å². The van der Waals surface area contributed by atoms with Crippen LogP contribution < -0.4 is 9.04 Å². The molecule has 0 bridgehead atoms. The first-order chi connectivity index (χ1) is 14.9. The fourth-order valence-corrected chi connectivity index (χ4v) is 4.73. The van der Waals surface area contributed by atoms with Crippen molar-refractivity contribution in [3.05, 3.63) is 52.0 Å². The lowest BCUT2D eigenvalue weighted by atomic mass is 9.96. The van der Waals surface area contributed by atoms with E-state index < -0.39 is 40.3 Å². The molecule has 0 saturated heterocycles. The third kappa shape index (κ3) is 5.19. The molecule has 2 N–H and O–H groups in total. The van der Waals surface area contributed by atoms with E-state index in [0.717, 1.165) is 11.4 Å². The van der Waals surface area contributed by atoms with Crippen molar-refractivity contribution in [3.8, 4) is 5.75 Å². The van der Waals surface area contributed by atoms with E-state index in [2.05, 4.69) is 15.9 Å². The maximum atomic E-state index is 13.3. The number of rotatable bonds is 9. The summed E-state index contributed by atoms with van der Waals surface area (Å²) in [5.41, 5.74) is -0.372. The van der Waals surface area contributed by atoms with Gasteiger partial charge in [-0.3, -0.25) is 13.9 Å². The summed E-state index contributed by atoms with van der Waals surface area (Å²) in [6.45, 7) is 0. The number of carbonyl (C=O) groups excluding carboxylic acids is 1. The number of nitrogens with zero attached hydrogens (tertiary/aromatic N) is 1. The van der Waals surface area contributed by atoms with Gasteiger partial charge >= 0.3 is 17.9 Å². The summed E-state index contributed by atoms with van der Waals surface area (Å²) in [6.07, 6.45) is -0.577. The van der Waals surface area contributed by atoms with E-state index in [4.69, 9.17) is 9.47 Å². The highest BCUT2D eigenvalue weighted by Gasteiger charge is 2.33. The van der Waals surface area contributed by atoms with E-state index in [1.807, 2.05) is 0 Å². The van der Waals surface area contributed by atoms with Gasteiger partial charge in [0.05, 0.1) is 30.4 Å². The van der Waals surface area contributed by atoms with E-state index in [9.17, 15) is 33.0 Å². The molecule has 12 heteroatoms. The molecule has 2 aromatic rings. The molecule has 0 atom stereocenters. The van der Waals surface area contributed by atoms with Crippen LogP contribution in [0.3, 0.4) is 0 Å². The quantitative estimate of drug-likeness (QED) is 0.368. The second-order valence-electron chi connectivity index (χ2n) is 6.53. The molecule has 0 fully saturated rings. The van der Waals surface area contributed by atoms with Crippen LogP contribution in [0.25, 0.3) is 0 Å². The first-order valence-electron chi connectivity index (χ1n) is 8.93. The highest BCUT2D eigenvalue weighted by atomic mass is 79.9. The van der Waals surface area contributed by atoms with Crippen LogP contribution in [0.1, 0.15) is 15.9 Å².